The smallest absolute Gasteiger partial charge is 0.426 e. The molecule has 0 spiro atoms. The number of aromatic hydroxyl groups is 1. The van der Waals surface area contributed by atoms with E-state index in [1.54, 1.807) is 61.5 Å². The number of anilines is 1. The second-order valence-electron chi connectivity index (χ2n) is 12.7. The SMILES string of the molecule is CC(=O)OC(C)N1C(=O)/C(=C\c2cc(C)ccc2C)c2ccccc21.O=C(c1ccc([N+](=O)[O-])cc1)c1c(O)n(C(=O)Oc2ccccc2)c2ccccc12. The van der Waals surface area contributed by atoms with Crippen LogP contribution in [0, 0.1) is 24.0 Å². The Hall–Kier alpha value is -7.34. The van der Waals surface area contributed by atoms with Gasteiger partial charge < -0.3 is 14.6 Å². The average Bonchev–Trinajstić information content (AvgIpc) is 3.62. The molecule has 55 heavy (non-hydrogen) atoms. The molecule has 12 heteroatoms. The molecule has 12 nitrogen and oxygen atoms in total. The Bertz CT molecular complexity index is 2500. The number of carbonyl (C=O) groups is 4. The van der Waals surface area contributed by atoms with Crippen molar-refractivity contribution in [1.82, 2.24) is 4.57 Å². The monoisotopic (exact) mass is 737 g/mol. The first-order chi connectivity index (χ1) is 26.3. The van der Waals surface area contributed by atoms with Crippen LogP contribution in [0.3, 0.4) is 0 Å². The summed E-state index contributed by atoms with van der Waals surface area (Å²) in [6, 6.07) is 33.6. The first-order valence-corrected chi connectivity index (χ1v) is 17.1. The van der Waals surface area contributed by atoms with Crippen molar-refractivity contribution in [3.8, 4) is 11.6 Å². The zero-order chi connectivity index (χ0) is 39.4. The highest BCUT2D eigenvalue weighted by Crippen LogP contribution is 2.39. The van der Waals surface area contributed by atoms with Crippen LogP contribution in [0.2, 0.25) is 0 Å². The molecule has 276 valence electrons. The van der Waals surface area contributed by atoms with Crippen LogP contribution in [0.15, 0.2) is 121 Å². The fourth-order valence-electron chi connectivity index (χ4n) is 6.28. The van der Waals surface area contributed by atoms with E-state index in [0.717, 1.165) is 32.5 Å². The minimum atomic E-state index is -0.877. The van der Waals surface area contributed by atoms with E-state index in [-0.39, 0.29) is 28.5 Å². The highest BCUT2D eigenvalue weighted by Gasteiger charge is 2.36. The highest BCUT2D eigenvalue weighted by atomic mass is 16.6. The van der Waals surface area contributed by atoms with Crippen LogP contribution in [0.4, 0.5) is 16.2 Å². The molecule has 0 aliphatic carbocycles. The van der Waals surface area contributed by atoms with Crippen molar-refractivity contribution in [3.05, 3.63) is 165 Å². The number of benzene rings is 5. The Morgan fingerprint density at radius 1 is 0.855 bits per heavy atom. The second-order valence-corrected chi connectivity index (χ2v) is 12.7. The molecule has 0 saturated carbocycles. The van der Waals surface area contributed by atoms with Crippen LogP contribution in [0.1, 0.15) is 52.0 Å². The third-order valence-corrected chi connectivity index (χ3v) is 8.89. The molecule has 1 N–H and O–H groups in total. The standard InChI is InChI=1S/C22H14N2O6.C21H21NO3/c25-20(14-10-12-15(13-11-14)24(28)29)19-17-8-4-5-9-18(17)23(21(19)26)22(27)30-16-6-2-1-3-7-16;1-13-9-10-14(2)17(11-13)12-19-18-7-5-6-8-20(18)22(21(19)24)15(3)25-16(4)23/h1-13,26H;5-12,15H,1-4H3/b;19-12-. The third kappa shape index (κ3) is 7.74. The van der Waals surface area contributed by atoms with E-state index in [9.17, 15) is 34.4 Å². The number of ketones is 1. The number of non-ortho nitro benzene ring substituents is 1. The Balaban J connectivity index is 0.000000190. The molecule has 1 atom stereocenters. The van der Waals surface area contributed by atoms with Gasteiger partial charge in [0, 0.05) is 41.1 Å². The minimum absolute atomic E-state index is 0.0931. The van der Waals surface area contributed by atoms with Crippen molar-refractivity contribution < 1.29 is 38.7 Å². The maximum Gasteiger partial charge on any atom is 0.426 e. The number of hydrogen-bond donors (Lipinski definition) is 1. The first kappa shape index (κ1) is 37.4. The van der Waals surface area contributed by atoms with Gasteiger partial charge in [0.25, 0.3) is 11.6 Å². The Labute approximate surface area is 315 Å². The normalized spacial score (nSPS) is 13.1. The van der Waals surface area contributed by atoms with Gasteiger partial charge in [0.1, 0.15) is 5.75 Å². The largest absolute Gasteiger partial charge is 0.494 e. The van der Waals surface area contributed by atoms with Crippen molar-refractivity contribution >= 4 is 57.7 Å². The highest BCUT2D eigenvalue weighted by molar-refractivity contribution is 6.36. The number of rotatable bonds is 7. The molecular formula is C43H35N3O9. The summed E-state index contributed by atoms with van der Waals surface area (Å²) in [7, 11) is 0. The van der Waals surface area contributed by atoms with E-state index in [1.807, 2.05) is 50.3 Å². The summed E-state index contributed by atoms with van der Waals surface area (Å²) in [6.07, 6.45) is 0.387. The number of ether oxygens (including phenoxy) is 2. The van der Waals surface area contributed by atoms with Crippen molar-refractivity contribution in [1.29, 1.82) is 0 Å². The van der Waals surface area contributed by atoms with Gasteiger partial charge in [-0.05, 0) is 74.4 Å². The lowest BCUT2D eigenvalue weighted by Gasteiger charge is -2.24. The summed E-state index contributed by atoms with van der Waals surface area (Å²) in [6.45, 7) is 7.10. The predicted octanol–water partition coefficient (Wildman–Crippen LogP) is 8.63. The van der Waals surface area contributed by atoms with E-state index in [0.29, 0.717) is 16.5 Å². The van der Waals surface area contributed by atoms with Gasteiger partial charge in [0.2, 0.25) is 5.88 Å². The molecule has 7 rings (SSSR count). The van der Waals surface area contributed by atoms with Crippen LogP contribution in [-0.4, -0.2) is 44.6 Å². The van der Waals surface area contributed by atoms with Crippen molar-refractivity contribution in [2.24, 2.45) is 0 Å². The predicted molar refractivity (Wildman–Crippen MR) is 207 cm³/mol. The van der Waals surface area contributed by atoms with Crippen LogP contribution >= 0.6 is 0 Å². The maximum absolute atomic E-state index is 13.1. The van der Waals surface area contributed by atoms with Crippen LogP contribution in [0.25, 0.3) is 22.6 Å². The van der Waals surface area contributed by atoms with Crippen LogP contribution in [0.5, 0.6) is 11.6 Å². The summed E-state index contributed by atoms with van der Waals surface area (Å²) in [4.78, 5) is 62.0. The van der Waals surface area contributed by atoms with Gasteiger partial charge in [-0.1, -0.05) is 78.4 Å². The van der Waals surface area contributed by atoms with E-state index in [1.165, 1.54) is 36.1 Å². The number of esters is 1. The molecule has 0 fully saturated rings. The number of aryl methyl sites for hydroxylation is 2. The molecule has 5 aromatic carbocycles. The summed E-state index contributed by atoms with van der Waals surface area (Å²) in [5.41, 5.74) is 5.66. The number of nitro groups is 1. The Morgan fingerprint density at radius 3 is 2.20 bits per heavy atom. The molecule has 0 bridgehead atoms. The molecule has 0 radical (unpaired) electrons. The number of para-hydroxylation sites is 3. The number of carbonyl (C=O) groups excluding carboxylic acids is 4. The molecule has 1 unspecified atom stereocenters. The zero-order valence-corrected chi connectivity index (χ0v) is 30.3. The minimum Gasteiger partial charge on any atom is -0.494 e. The molecular weight excluding hydrogens is 702 g/mol. The Kier molecular flexibility index (Phi) is 10.7. The topological polar surface area (TPSA) is 158 Å². The maximum atomic E-state index is 13.1. The van der Waals surface area contributed by atoms with Crippen LogP contribution in [-0.2, 0) is 14.3 Å². The second kappa shape index (κ2) is 15.7. The first-order valence-electron chi connectivity index (χ1n) is 17.1. The van der Waals surface area contributed by atoms with Crippen molar-refractivity contribution in [2.45, 2.75) is 33.9 Å². The van der Waals surface area contributed by atoms with E-state index in [4.69, 9.17) is 9.47 Å². The molecule has 0 saturated heterocycles. The number of hydrogen-bond acceptors (Lipinski definition) is 9. The van der Waals surface area contributed by atoms with Crippen LogP contribution < -0.4 is 9.64 Å². The molecule has 1 amide bonds. The Morgan fingerprint density at radius 2 is 1.51 bits per heavy atom. The van der Waals surface area contributed by atoms with E-state index in [2.05, 4.69) is 12.1 Å². The summed E-state index contributed by atoms with van der Waals surface area (Å²) in [5.74, 6) is -1.44. The summed E-state index contributed by atoms with van der Waals surface area (Å²) in [5, 5.41) is 22.0. The fourth-order valence-corrected chi connectivity index (χ4v) is 6.28. The number of nitrogens with zero attached hydrogens (tertiary/aromatic N) is 3. The van der Waals surface area contributed by atoms with Gasteiger partial charge in [-0.25, -0.2) is 9.36 Å². The van der Waals surface area contributed by atoms with Crippen molar-refractivity contribution in [3.63, 3.8) is 0 Å². The molecule has 1 aliphatic heterocycles. The quantitative estimate of drug-likeness (QED) is 0.0557. The van der Waals surface area contributed by atoms with Gasteiger partial charge in [-0.15, -0.1) is 0 Å². The van der Waals surface area contributed by atoms with Gasteiger partial charge >= 0.3 is 12.1 Å². The van der Waals surface area contributed by atoms with Gasteiger partial charge in [-0.2, -0.15) is 0 Å². The van der Waals surface area contributed by atoms with Gasteiger partial charge in [0.15, 0.2) is 12.0 Å². The third-order valence-electron chi connectivity index (χ3n) is 8.89. The summed E-state index contributed by atoms with van der Waals surface area (Å²) >= 11 is 0. The van der Waals surface area contributed by atoms with Crippen molar-refractivity contribution in [2.75, 3.05) is 4.90 Å². The number of nitro benzene ring substituents is 1. The lowest BCUT2D eigenvalue weighted by atomic mass is 10.00. The summed E-state index contributed by atoms with van der Waals surface area (Å²) < 4.78 is 11.5. The van der Waals surface area contributed by atoms with E-state index >= 15 is 0 Å². The molecule has 1 aromatic heterocycles. The molecule has 2 heterocycles. The zero-order valence-electron chi connectivity index (χ0n) is 30.3. The lowest BCUT2D eigenvalue weighted by Crippen LogP contribution is -2.38. The fraction of sp³-hybridized carbons (Fsp3) is 0.116. The average molecular weight is 738 g/mol. The lowest BCUT2D eigenvalue weighted by molar-refractivity contribution is -0.384. The number of aromatic nitrogens is 1. The molecule has 6 aromatic rings. The van der Waals surface area contributed by atoms with E-state index < -0.39 is 34.9 Å². The number of amides is 1. The van der Waals surface area contributed by atoms with Gasteiger partial charge in [0.05, 0.1) is 21.7 Å². The van der Waals surface area contributed by atoms with Gasteiger partial charge in [-0.3, -0.25) is 29.4 Å². The molecule has 1 aliphatic rings. The number of fused-ring (bicyclic) bond motifs is 2.